The van der Waals surface area contributed by atoms with Gasteiger partial charge in [0, 0.05) is 9.17 Å². The van der Waals surface area contributed by atoms with Gasteiger partial charge in [0.2, 0.25) is 0 Å². The zero-order valence-corrected chi connectivity index (χ0v) is 12.4. The van der Waals surface area contributed by atoms with E-state index in [1.807, 2.05) is 12.1 Å². The van der Waals surface area contributed by atoms with Gasteiger partial charge in [-0.3, -0.25) is 0 Å². The summed E-state index contributed by atoms with van der Waals surface area (Å²) >= 11 is 5.25. The standard InChI is InChI=1S/C14H17BrOS/c1-2-3-4-8-13(16)11-9-17-14-10(11)6-5-7-12(14)15/h5-7,9,13,16H,2-4,8H2,1H3. The third-order valence-electron chi connectivity index (χ3n) is 3.02. The Morgan fingerprint density at radius 3 is 2.94 bits per heavy atom. The molecule has 0 amide bonds. The third kappa shape index (κ3) is 2.90. The molecule has 2 aromatic rings. The molecular formula is C14H17BrOS. The van der Waals surface area contributed by atoms with Crippen LogP contribution in [0.25, 0.3) is 10.1 Å². The fourth-order valence-electron chi connectivity index (χ4n) is 2.04. The zero-order chi connectivity index (χ0) is 12.3. The summed E-state index contributed by atoms with van der Waals surface area (Å²) in [6.45, 7) is 2.18. The summed E-state index contributed by atoms with van der Waals surface area (Å²) in [6, 6.07) is 6.17. The molecule has 1 unspecified atom stereocenters. The predicted octanol–water partition coefficient (Wildman–Crippen LogP) is 5.28. The molecule has 0 aliphatic heterocycles. The SMILES string of the molecule is CCCCCC(O)c1csc2c(Br)cccc12. The van der Waals surface area contributed by atoms with Crippen LogP contribution in [0.1, 0.15) is 44.3 Å². The van der Waals surface area contributed by atoms with E-state index in [0.717, 1.165) is 22.9 Å². The predicted molar refractivity (Wildman–Crippen MR) is 78.6 cm³/mol. The highest BCUT2D eigenvalue weighted by molar-refractivity contribution is 9.10. The van der Waals surface area contributed by atoms with Crippen LogP contribution in [0, 0.1) is 0 Å². The van der Waals surface area contributed by atoms with E-state index in [0.29, 0.717) is 0 Å². The maximum absolute atomic E-state index is 10.2. The van der Waals surface area contributed by atoms with Crippen molar-refractivity contribution >= 4 is 37.4 Å². The van der Waals surface area contributed by atoms with Gasteiger partial charge >= 0.3 is 0 Å². The summed E-state index contributed by atoms with van der Waals surface area (Å²) in [4.78, 5) is 0. The average Bonchev–Trinajstić information content (AvgIpc) is 2.74. The quantitative estimate of drug-likeness (QED) is 0.745. The van der Waals surface area contributed by atoms with E-state index in [2.05, 4.69) is 34.3 Å². The van der Waals surface area contributed by atoms with Crippen molar-refractivity contribution in [2.24, 2.45) is 0 Å². The molecule has 2 rings (SSSR count). The normalized spacial score (nSPS) is 13.1. The number of fused-ring (bicyclic) bond motifs is 1. The molecule has 0 bridgehead atoms. The first kappa shape index (κ1) is 13.1. The first-order valence-corrected chi connectivity index (χ1v) is 7.75. The summed E-state index contributed by atoms with van der Waals surface area (Å²) in [6.07, 6.45) is 4.05. The molecule has 0 spiro atoms. The van der Waals surface area contributed by atoms with Crippen molar-refractivity contribution < 1.29 is 5.11 Å². The molecule has 0 saturated carbocycles. The number of hydrogen-bond donors (Lipinski definition) is 1. The van der Waals surface area contributed by atoms with Crippen LogP contribution >= 0.6 is 27.3 Å². The van der Waals surface area contributed by atoms with Crippen molar-refractivity contribution in [1.29, 1.82) is 0 Å². The number of aliphatic hydroxyl groups excluding tert-OH is 1. The van der Waals surface area contributed by atoms with Crippen molar-refractivity contribution in [3.8, 4) is 0 Å². The van der Waals surface area contributed by atoms with Crippen LogP contribution < -0.4 is 0 Å². The minimum Gasteiger partial charge on any atom is -0.388 e. The molecule has 3 heteroatoms. The summed E-state index contributed by atoms with van der Waals surface area (Å²) in [5.74, 6) is 0. The molecule has 1 heterocycles. The Balaban J connectivity index is 2.21. The fraction of sp³-hybridized carbons (Fsp3) is 0.429. The van der Waals surface area contributed by atoms with Crippen molar-refractivity contribution in [2.45, 2.75) is 38.7 Å². The molecule has 1 nitrogen and oxygen atoms in total. The van der Waals surface area contributed by atoms with Gasteiger partial charge in [-0.05, 0) is 44.7 Å². The van der Waals surface area contributed by atoms with Crippen LogP contribution in [0.2, 0.25) is 0 Å². The second-order valence-corrected chi connectivity index (χ2v) is 6.05. The number of benzene rings is 1. The van der Waals surface area contributed by atoms with Gasteiger partial charge in [-0.15, -0.1) is 11.3 Å². The second-order valence-electron chi connectivity index (χ2n) is 4.32. The topological polar surface area (TPSA) is 20.2 Å². The highest BCUT2D eigenvalue weighted by atomic mass is 79.9. The Hall–Kier alpha value is -0.380. The molecule has 92 valence electrons. The average molecular weight is 313 g/mol. The van der Waals surface area contributed by atoms with Crippen molar-refractivity contribution in [1.82, 2.24) is 0 Å². The molecular weight excluding hydrogens is 296 g/mol. The second kappa shape index (κ2) is 5.98. The lowest BCUT2D eigenvalue weighted by atomic mass is 10.0. The highest BCUT2D eigenvalue weighted by Gasteiger charge is 2.13. The molecule has 1 aromatic carbocycles. The van der Waals surface area contributed by atoms with Crippen LogP contribution in [0.3, 0.4) is 0 Å². The van der Waals surface area contributed by atoms with Crippen molar-refractivity contribution in [2.75, 3.05) is 0 Å². The van der Waals surface area contributed by atoms with E-state index >= 15 is 0 Å². The Kier molecular flexibility index (Phi) is 4.60. The molecule has 17 heavy (non-hydrogen) atoms. The molecule has 1 atom stereocenters. The Bertz CT molecular complexity index is 492. The zero-order valence-electron chi connectivity index (χ0n) is 9.95. The highest BCUT2D eigenvalue weighted by Crippen LogP contribution is 2.36. The van der Waals surface area contributed by atoms with Gasteiger partial charge in [-0.25, -0.2) is 0 Å². The Labute approximate surface area is 115 Å². The lowest BCUT2D eigenvalue weighted by Crippen LogP contribution is -1.96. The van der Waals surface area contributed by atoms with Gasteiger partial charge in [-0.1, -0.05) is 38.3 Å². The van der Waals surface area contributed by atoms with Gasteiger partial charge in [0.15, 0.2) is 0 Å². The first-order valence-electron chi connectivity index (χ1n) is 6.07. The van der Waals surface area contributed by atoms with E-state index < -0.39 is 0 Å². The lowest BCUT2D eigenvalue weighted by molar-refractivity contribution is 0.165. The van der Waals surface area contributed by atoms with Gasteiger partial charge < -0.3 is 5.11 Å². The minimum absolute atomic E-state index is 0.315. The molecule has 0 aliphatic carbocycles. The summed E-state index contributed by atoms with van der Waals surface area (Å²) in [5, 5.41) is 13.5. The first-order chi connectivity index (χ1) is 8.24. The minimum atomic E-state index is -0.315. The maximum atomic E-state index is 10.2. The molecule has 1 N–H and O–H groups in total. The number of rotatable bonds is 5. The van der Waals surface area contributed by atoms with E-state index in [4.69, 9.17) is 0 Å². The summed E-state index contributed by atoms with van der Waals surface area (Å²) in [7, 11) is 0. The number of thiophene rings is 1. The number of halogens is 1. The van der Waals surface area contributed by atoms with Gasteiger partial charge in [-0.2, -0.15) is 0 Å². The third-order valence-corrected chi connectivity index (χ3v) is 4.99. The van der Waals surface area contributed by atoms with Crippen molar-refractivity contribution in [3.05, 3.63) is 33.6 Å². The van der Waals surface area contributed by atoms with Gasteiger partial charge in [0.1, 0.15) is 0 Å². The fourth-order valence-corrected chi connectivity index (χ4v) is 3.71. The van der Waals surface area contributed by atoms with Gasteiger partial charge in [0.25, 0.3) is 0 Å². The molecule has 0 aliphatic rings. The molecule has 0 saturated heterocycles. The monoisotopic (exact) mass is 312 g/mol. The van der Waals surface area contributed by atoms with Crippen LogP contribution in [0.15, 0.2) is 28.1 Å². The maximum Gasteiger partial charge on any atom is 0.0804 e. The molecule has 0 radical (unpaired) electrons. The van der Waals surface area contributed by atoms with E-state index in [-0.39, 0.29) is 6.10 Å². The van der Waals surface area contributed by atoms with Crippen LogP contribution in [0.5, 0.6) is 0 Å². The summed E-state index contributed by atoms with van der Waals surface area (Å²) < 4.78 is 2.35. The molecule has 1 aromatic heterocycles. The number of aliphatic hydroxyl groups is 1. The largest absolute Gasteiger partial charge is 0.388 e. The van der Waals surface area contributed by atoms with E-state index in [1.165, 1.54) is 22.9 Å². The number of hydrogen-bond acceptors (Lipinski definition) is 2. The van der Waals surface area contributed by atoms with Gasteiger partial charge in [0.05, 0.1) is 6.10 Å². The van der Waals surface area contributed by atoms with Crippen LogP contribution in [-0.2, 0) is 0 Å². The van der Waals surface area contributed by atoms with E-state index in [9.17, 15) is 5.11 Å². The lowest BCUT2D eigenvalue weighted by Gasteiger charge is -2.09. The Morgan fingerprint density at radius 1 is 1.35 bits per heavy atom. The van der Waals surface area contributed by atoms with Crippen LogP contribution in [-0.4, -0.2) is 5.11 Å². The van der Waals surface area contributed by atoms with E-state index in [1.54, 1.807) is 11.3 Å². The number of unbranched alkanes of at least 4 members (excludes halogenated alkanes) is 2. The smallest absolute Gasteiger partial charge is 0.0804 e. The Morgan fingerprint density at radius 2 is 2.18 bits per heavy atom. The molecule has 0 fully saturated rings. The summed E-state index contributed by atoms with van der Waals surface area (Å²) in [5.41, 5.74) is 1.09. The van der Waals surface area contributed by atoms with Crippen LogP contribution in [0.4, 0.5) is 0 Å². The van der Waals surface area contributed by atoms with Crippen molar-refractivity contribution in [3.63, 3.8) is 0 Å².